The average Bonchev–Trinajstić information content (AvgIpc) is 2.57. The average molecular weight is 367 g/mol. The Hall–Kier alpha value is -1.85. The van der Waals surface area contributed by atoms with Crippen LogP contribution in [0.4, 0.5) is 5.69 Å². The quantitative estimate of drug-likeness (QED) is 0.600. The van der Waals surface area contributed by atoms with Crippen LogP contribution in [0.15, 0.2) is 30.5 Å². The lowest BCUT2D eigenvalue weighted by Gasteiger charge is -2.12. The summed E-state index contributed by atoms with van der Waals surface area (Å²) < 4.78 is 0. The van der Waals surface area contributed by atoms with Crippen molar-refractivity contribution in [2.24, 2.45) is 0 Å². The van der Waals surface area contributed by atoms with Gasteiger partial charge in [-0.2, -0.15) is 0 Å². The summed E-state index contributed by atoms with van der Waals surface area (Å²) in [5.41, 5.74) is 2.46. The van der Waals surface area contributed by atoms with Gasteiger partial charge in [0.1, 0.15) is 0 Å². The zero-order valence-electron chi connectivity index (χ0n) is 13.7. The van der Waals surface area contributed by atoms with Crippen LogP contribution in [0.3, 0.4) is 0 Å². The maximum absolute atomic E-state index is 12.1. The number of unbranched alkanes of at least 4 members (excludes halogenated alkanes) is 1. The van der Waals surface area contributed by atoms with Crippen molar-refractivity contribution in [2.45, 2.75) is 19.3 Å². The first-order valence-corrected chi connectivity index (χ1v) is 8.45. The summed E-state index contributed by atoms with van der Waals surface area (Å²) in [4.78, 5) is 22.0. The van der Waals surface area contributed by atoms with E-state index in [0.29, 0.717) is 23.6 Å². The van der Waals surface area contributed by atoms with Gasteiger partial charge in [-0.3, -0.25) is 4.79 Å². The number of benzene rings is 1. The third kappa shape index (κ3) is 5.35. The highest BCUT2D eigenvalue weighted by Gasteiger charge is 2.07. The predicted octanol–water partition coefficient (Wildman–Crippen LogP) is 3.60. The van der Waals surface area contributed by atoms with Gasteiger partial charge in [-0.1, -0.05) is 11.6 Å². The van der Waals surface area contributed by atoms with Gasteiger partial charge >= 0.3 is 0 Å². The fourth-order valence-electron chi connectivity index (χ4n) is 2.19. The van der Waals surface area contributed by atoms with E-state index < -0.39 is 0 Å². The highest BCUT2D eigenvalue weighted by molar-refractivity contribution is 6.31. The first kappa shape index (κ1) is 18.5. The minimum atomic E-state index is -0.0663. The monoisotopic (exact) mass is 366 g/mol. The smallest absolute Gasteiger partial charge is 0.251 e. The normalized spacial score (nSPS) is 10.5. The van der Waals surface area contributed by atoms with Crippen molar-refractivity contribution in [3.8, 4) is 0 Å². The summed E-state index contributed by atoms with van der Waals surface area (Å²) in [6.07, 6.45) is 3.90. The van der Waals surface area contributed by atoms with Crippen molar-refractivity contribution in [3.05, 3.63) is 52.0 Å². The molecule has 1 aromatic carbocycles. The van der Waals surface area contributed by atoms with Gasteiger partial charge in [-0.05, 0) is 55.1 Å². The van der Waals surface area contributed by atoms with Gasteiger partial charge in [0.05, 0.1) is 16.9 Å². The van der Waals surface area contributed by atoms with Gasteiger partial charge in [-0.25, -0.2) is 9.97 Å². The Morgan fingerprint density at radius 3 is 2.54 bits per heavy atom. The first-order chi connectivity index (χ1) is 11.5. The van der Waals surface area contributed by atoms with Gasteiger partial charge in [0.2, 0.25) is 5.28 Å². The molecule has 24 heavy (non-hydrogen) atoms. The number of carbonyl (C=O) groups is 1. The SMILES string of the molecule is CN(C)c1ccc(C(=O)NCCCCc2nc(Cl)ncc2Cl)cc1. The molecule has 2 aromatic rings. The number of amides is 1. The molecule has 0 fully saturated rings. The van der Waals surface area contributed by atoms with E-state index in [1.54, 1.807) is 0 Å². The van der Waals surface area contributed by atoms with Crippen molar-refractivity contribution in [1.29, 1.82) is 0 Å². The van der Waals surface area contributed by atoms with Gasteiger partial charge in [0.25, 0.3) is 5.91 Å². The van der Waals surface area contributed by atoms with Crippen LogP contribution in [0.1, 0.15) is 28.9 Å². The van der Waals surface area contributed by atoms with Crippen LogP contribution in [0, 0.1) is 0 Å². The molecule has 1 N–H and O–H groups in total. The number of nitrogens with zero attached hydrogens (tertiary/aromatic N) is 3. The molecule has 1 aromatic heterocycles. The number of hydrogen-bond acceptors (Lipinski definition) is 4. The molecule has 7 heteroatoms. The molecule has 0 aliphatic heterocycles. The predicted molar refractivity (Wildman–Crippen MR) is 98.1 cm³/mol. The van der Waals surface area contributed by atoms with Gasteiger partial charge in [-0.15, -0.1) is 0 Å². The Labute approximate surface area is 152 Å². The maximum atomic E-state index is 12.1. The molecule has 0 radical (unpaired) electrons. The Morgan fingerprint density at radius 1 is 1.17 bits per heavy atom. The molecule has 0 unspecified atom stereocenters. The fraction of sp³-hybridized carbons (Fsp3) is 0.353. The number of aryl methyl sites for hydroxylation is 1. The second-order valence-corrected chi connectivity index (χ2v) is 6.33. The van der Waals surface area contributed by atoms with E-state index in [-0.39, 0.29) is 11.2 Å². The molecule has 2 rings (SSSR count). The molecule has 1 heterocycles. The number of carbonyl (C=O) groups excluding carboxylic acids is 1. The van der Waals surface area contributed by atoms with Crippen molar-refractivity contribution in [2.75, 3.05) is 25.5 Å². The fourth-order valence-corrected chi connectivity index (χ4v) is 2.52. The van der Waals surface area contributed by atoms with Crippen LogP contribution in [0.5, 0.6) is 0 Å². The van der Waals surface area contributed by atoms with Crippen LogP contribution in [-0.4, -0.2) is 36.5 Å². The molecule has 5 nitrogen and oxygen atoms in total. The lowest BCUT2D eigenvalue weighted by molar-refractivity contribution is 0.0953. The highest BCUT2D eigenvalue weighted by Crippen LogP contribution is 2.16. The van der Waals surface area contributed by atoms with Crippen LogP contribution in [0.2, 0.25) is 10.3 Å². The van der Waals surface area contributed by atoms with Crippen LogP contribution >= 0.6 is 23.2 Å². The lowest BCUT2D eigenvalue weighted by atomic mass is 10.1. The Balaban J connectivity index is 1.73. The first-order valence-electron chi connectivity index (χ1n) is 7.70. The van der Waals surface area contributed by atoms with Crippen molar-refractivity contribution < 1.29 is 4.79 Å². The maximum Gasteiger partial charge on any atom is 0.251 e. The molecule has 0 bridgehead atoms. The Kier molecular flexibility index (Phi) is 6.82. The van der Waals surface area contributed by atoms with E-state index in [1.807, 2.05) is 43.3 Å². The molecule has 0 saturated carbocycles. The van der Waals surface area contributed by atoms with E-state index >= 15 is 0 Å². The van der Waals surface area contributed by atoms with Crippen LogP contribution in [-0.2, 0) is 6.42 Å². The summed E-state index contributed by atoms with van der Waals surface area (Å²) in [6, 6.07) is 7.51. The molecular formula is C17H20Cl2N4O. The molecule has 0 saturated heterocycles. The van der Waals surface area contributed by atoms with Crippen molar-refractivity contribution in [3.63, 3.8) is 0 Å². The molecule has 0 spiro atoms. The number of nitrogens with one attached hydrogen (secondary N) is 1. The minimum Gasteiger partial charge on any atom is -0.378 e. The Bertz CT molecular complexity index is 689. The summed E-state index contributed by atoms with van der Waals surface area (Å²) in [5, 5.41) is 3.63. The topological polar surface area (TPSA) is 58.1 Å². The summed E-state index contributed by atoms with van der Waals surface area (Å²) in [6.45, 7) is 0.602. The number of anilines is 1. The van der Waals surface area contributed by atoms with Crippen molar-refractivity contribution in [1.82, 2.24) is 15.3 Å². The number of halogens is 2. The summed E-state index contributed by atoms with van der Waals surface area (Å²) in [7, 11) is 3.93. The van der Waals surface area contributed by atoms with Crippen LogP contribution in [0.25, 0.3) is 0 Å². The second kappa shape index (κ2) is 8.85. The second-order valence-electron chi connectivity index (χ2n) is 5.59. The molecule has 0 aliphatic rings. The lowest BCUT2D eigenvalue weighted by Crippen LogP contribution is -2.24. The standard InChI is InChI=1S/C17H20Cl2N4O/c1-23(2)13-8-6-12(7-9-13)16(24)20-10-4-3-5-15-14(18)11-21-17(19)22-15/h6-9,11H,3-5,10H2,1-2H3,(H,20,24). The summed E-state index contributed by atoms with van der Waals surface area (Å²) >= 11 is 11.8. The minimum absolute atomic E-state index is 0.0663. The van der Waals surface area contributed by atoms with Crippen LogP contribution < -0.4 is 10.2 Å². The number of hydrogen-bond donors (Lipinski definition) is 1. The van der Waals surface area contributed by atoms with Gasteiger partial charge < -0.3 is 10.2 Å². The zero-order valence-corrected chi connectivity index (χ0v) is 15.2. The van der Waals surface area contributed by atoms with Gasteiger partial charge in [0, 0.05) is 31.9 Å². The molecular weight excluding hydrogens is 347 g/mol. The molecule has 0 atom stereocenters. The third-order valence-corrected chi connectivity index (χ3v) is 4.06. The summed E-state index contributed by atoms with van der Waals surface area (Å²) in [5.74, 6) is -0.0663. The van der Waals surface area contributed by atoms with E-state index in [9.17, 15) is 4.79 Å². The third-order valence-electron chi connectivity index (χ3n) is 3.56. The van der Waals surface area contributed by atoms with Crippen molar-refractivity contribution >= 4 is 34.8 Å². The van der Waals surface area contributed by atoms with E-state index in [4.69, 9.17) is 23.2 Å². The van der Waals surface area contributed by atoms with E-state index in [1.165, 1.54) is 6.20 Å². The molecule has 0 aliphatic carbocycles. The highest BCUT2D eigenvalue weighted by atomic mass is 35.5. The largest absolute Gasteiger partial charge is 0.378 e. The zero-order chi connectivity index (χ0) is 17.5. The van der Waals surface area contributed by atoms with E-state index in [0.717, 1.165) is 24.2 Å². The Morgan fingerprint density at radius 2 is 1.88 bits per heavy atom. The van der Waals surface area contributed by atoms with E-state index in [2.05, 4.69) is 15.3 Å². The number of aromatic nitrogens is 2. The molecule has 128 valence electrons. The molecule has 1 amide bonds. The van der Waals surface area contributed by atoms with Gasteiger partial charge in [0.15, 0.2) is 0 Å². The number of rotatable bonds is 7.